The van der Waals surface area contributed by atoms with E-state index in [0.717, 1.165) is 30.1 Å². The van der Waals surface area contributed by atoms with Gasteiger partial charge in [-0.05, 0) is 26.8 Å². The van der Waals surface area contributed by atoms with E-state index in [9.17, 15) is 0 Å². The van der Waals surface area contributed by atoms with Crippen LogP contribution in [0.4, 0.5) is 0 Å². The number of aryl methyl sites for hydroxylation is 1. The van der Waals surface area contributed by atoms with Gasteiger partial charge in [0.05, 0.1) is 5.69 Å². The Hall–Kier alpha value is -1.49. The quantitative estimate of drug-likeness (QED) is 0.877. The highest BCUT2D eigenvalue weighted by molar-refractivity contribution is 5.45. The van der Waals surface area contributed by atoms with Crippen LogP contribution in [0.2, 0.25) is 0 Å². The van der Waals surface area contributed by atoms with Crippen molar-refractivity contribution in [1.29, 1.82) is 0 Å². The van der Waals surface area contributed by atoms with Gasteiger partial charge >= 0.3 is 0 Å². The summed E-state index contributed by atoms with van der Waals surface area (Å²) in [5, 5.41) is 11.8. The molecule has 5 heteroatoms. The van der Waals surface area contributed by atoms with E-state index in [-0.39, 0.29) is 0 Å². The molecule has 0 aliphatic rings. The lowest BCUT2D eigenvalue weighted by Gasteiger charge is -2.20. The smallest absolute Gasteiger partial charge is 0.182 e. The molecule has 5 nitrogen and oxygen atoms in total. The minimum absolute atomic E-state index is 0.309. The highest BCUT2D eigenvalue weighted by Crippen LogP contribution is 2.20. The molecule has 2 aromatic heterocycles. The van der Waals surface area contributed by atoms with Gasteiger partial charge in [0.15, 0.2) is 5.65 Å². The molecule has 0 amide bonds. The van der Waals surface area contributed by atoms with E-state index in [1.807, 2.05) is 23.7 Å². The fourth-order valence-electron chi connectivity index (χ4n) is 2.07. The molecule has 0 bridgehead atoms. The average molecular weight is 247 g/mol. The van der Waals surface area contributed by atoms with Crippen molar-refractivity contribution in [2.24, 2.45) is 0 Å². The van der Waals surface area contributed by atoms with Gasteiger partial charge in [0.25, 0.3) is 0 Å². The van der Waals surface area contributed by atoms with Gasteiger partial charge in [-0.25, -0.2) is 0 Å². The molecule has 0 aliphatic heterocycles. The first kappa shape index (κ1) is 13.0. The van der Waals surface area contributed by atoms with Gasteiger partial charge < -0.3 is 5.32 Å². The minimum Gasteiger partial charge on any atom is -0.314 e. The lowest BCUT2D eigenvalue weighted by Crippen LogP contribution is -2.32. The third-order valence-electron chi connectivity index (χ3n) is 3.42. The zero-order valence-corrected chi connectivity index (χ0v) is 11.5. The lowest BCUT2D eigenvalue weighted by molar-refractivity contribution is 0.475. The summed E-state index contributed by atoms with van der Waals surface area (Å²) in [5.74, 6) is 1.21. The molecular weight excluding hydrogens is 226 g/mol. The average Bonchev–Trinajstić information content (AvgIpc) is 2.77. The maximum atomic E-state index is 4.49. The Labute approximate surface area is 108 Å². The van der Waals surface area contributed by atoms with Crippen molar-refractivity contribution in [2.75, 3.05) is 6.54 Å². The molecule has 2 heterocycles. The van der Waals surface area contributed by atoms with Gasteiger partial charge in [0.1, 0.15) is 5.82 Å². The van der Waals surface area contributed by atoms with Gasteiger partial charge in [-0.15, -0.1) is 10.2 Å². The predicted molar refractivity (Wildman–Crippen MR) is 71.7 cm³/mol. The number of hydrogen-bond acceptors (Lipinski definition) is 4. The van der Waals surface area contributed by atoms with Crippen molar-refractivity contribution in [3.8, 4) is 0 Å². The fraction of sp³-hybridized carbons (Fsp3) is 0.615. The SMILES string of the molecule is CCCNC(C)C(C)c1nccn2c(C)nnc12. The summed E-state index contributed by atoms with van der Waals surface area (Å²) in [6.07, 6.45) is 4.87. The Kier molecular flexibility index (Phi) is 3.91. The van der Waals surface area contributed by atoms with E-state index in [1.54, 1.807) is 0 Å². The molecule has 18 heavy (non-hydrogen) atoms. The molecule has 1 N–H and O–H groups in total. The van der Waals surface area contributed by atoms with E-state index in [4.69, 9.17) is 0 Å². The minimum atomic E-state index is 0.309. The number of aromatic nitrogens is 4. The van der Waals surface area contributed by atoms with Crippen LogP contribution in [0, 0.1) is 6.92 Å². The molecule has 0 saturated heterocycles. The van der Waals surface area contributed by atoms with E-state index >= 15 is 0 Å². The van der Waals surface area contributed by atoms with Crippen LogP contribution in [0.5, 0.6) is 0 Å². The second-order valence-electron chi connectivity index (χ2n) is 4.78. The van der Waals surface area contributed by atoms with E-state index in [2.05, 4.69) is 41.3 Å². The summed E-state index contributed by atoms with van der Waals surface area (Å²) in [5.41, 5.74) is 1.88. The predicted octanol–water partition coefficient (Wildman–Crippen LogP) is 1.92. The van der Waals surface area contributed by atoms with Crippen molar-refractivity contribution in [3.05, 3.63) is 23.9 Å². The van der Waals surface area contributed by atoms with Crippen LogP contribution in [0.1, 0.15) is 44.6 Å². The van der Waals surface area contributed by atoms with Crippen LogP contribution in [0.3, 0.4) is 0 Å². The van der Waals surface area contributed by atoms with Gasteiger partial charge in [-0.1, -0.05) is 13.8 Å². The number of nitrogens with zero attached hydrogens (tertiary/aromatic N) is 4. The number of hydrogen-bond donors (Lipinski definition) is 1. The Morgan fingerprint density at radius 1 is 1.33 bits per heavy atom. The van der Waals surface area contributed by atoms with Gasteiger partial charge in [-0.2, -0.15) is 0 Å². The molecule has 2 atom stereocenters. The fourth-order valence-corrected chi connectivity index (χ4v) is 2.07. The van der Waals surface area contributed by atoms with Crippen molar-refractivity contribution in [1.82, 2.24) is 24.9 Å². The van der Waals surface area contributed by atoms with Crippen molar-refractivity contribution in [3.63, 3.8) is 0 Å². The summed E-state index contributed by atoms with van der Waals surface area (Å²) in [6.45, 7) is 9.52. The number of nitrogens with one attached hydrogen (secondary N) is 1. The molecule has 0 spiro atoms. The Bertz CT molecular complexity index is 519. The van der Waals surface area contributed by atoms with Gasteiger partial charge in [-0.3, -0.25) is 9.38 Å². The van der Waals surface area contributed by atoms with Crippen LogP contribution >= 0.6 is 0 Å². The molecule has 98 valence electrons. The van der Waals surface area contributed by atoms with E-state index in [1.165, 1.54) is 0 Å². The first-order valence-electron chi connectivity index (χ1n) is 6.54. The summed E-state index contributed by atoms with van der Waals surface area (Å²) in [4.78, 5) is 4.49. The van der Waals surface area contributed by atoms with Crippen molar-refractivity contribution < 1.29 is 0 Å². The van der Waals surface area contributed by atoms with Crippen LogP contribution in [0.25, 0.3) is 5.65 Å². The molecule has 0 aliphatic carbocycles. The topological polar surface area (TPSA) is 55.1 Å². The van der Waals surface area contributed by atoms with Gasteiger partial charge in [0, 0.05) is 24.4 Å². The molecule has 2 unspecified atom stereocenters. The first-order valence-corrected chi connectivity index (χ1v) is 6.54. The Morgan fingerprint density at radius 2 is 2.11 bits per heavy atom. The molecule has 2 aromatic rings. The molecule has 0 fully saturated rings. The lowest BCUT2D eigenvalue weighted by atomic mass is 9.99. The largest absolute Gasteiger partial charge is 0.314 e. The zero-order valence-electron chi connectivity index (χ0n) is 11.5. The zero-order chi connectivity index (χ0) is 13.1. The summed E-state index contributed by atoms with van der Waals surface area (Å²) < 4.78 is 1.99. The van der Waals surface area contributed by atoms with E-state index in [0.29, 0.717) is 12.0 Å². The van der Waals surface area contributed by atoms with Crippen molar-refractivity contribution in [2.45, 2.75) is 46.1 Å². The number of fused-ring (bicyclic) bond motifs is 1. The van der Waals surface area contributed by atoms with Gasteiger partial charge in [0.2, 0.25) is 0 Å². The van der Waals surface area contributed by atoms with Crippen molar-refractivity contribution >= 4 is 5.65 Å². The van der Waals surface area contributed by atoms with Crippen LogP contribution in [-0.2, 0) is 0 Å². The Morgan fingerprint density at radius 3 is 2.83 bits per heavy atom. The maximum Gasteiger partial charge on any atom is 0.182 e. The summed E-state index contributed by atoms with van der Waals surface area (Å²) >= 11 is 0. The standard InChI is InChI=1S/C13H21N5/c1-5-6-14-10(3)9(2)12-13-17-16-11(4)18(13)8-7-15-12/h7-10,14H,5-6H2,1-4H3. The third kappa shape index (κ3) is 2.36. The summed E-state index contributed by atoms with van der Waals surface area (Å²) in [7, 11) is 0. The maximum absolute atomic E-state index is 4.49. The molecule has 0 saturated carbocycles. The highest BCUT2D eigenvalue weighted by Gasteiger charge is 2.19. The monoisotopic (exact) mass is 247 g/mol. The Balaban J connectivity index is 2.29. The number of rotatable bonds is 5. The van der Waals surface area contributed by atoms with Crippen LogP contribution in [-0.4, -0.2) is 32.2 Å². The highest BCUT2D eigenvalue weighted by atomic mass is 15.2. The molecule has 0 radical (unpaired) electrons. The normalized spacial score (nSPS) is 14.9. The summed E-state index contributed by atoms with van der Waals surface area (Å²) in [6, 6.07) is 0.376. The molecule has 0 aromatic carbocycles. The van der Waals surface area contributed by atoms with E-state index < -0.39 is 0 Å². The molecular formula is C13H21N5. The van der Waals surface area contributed by atoms with Crippen LogP contribution in [0.15, 0.2) is 12.4 Å². The third-order valence-corrected chi connectivity index (χ3v) is 3.42. The molecule has 2 rings (SSSR count). The van der Waals surface area contributed by atoms with Crippen LogP contribution < -0.4 is 5.32 Å². The first-order chi connectivity index (χ1) is 8.65. The second-order valence-corrected chi connectivity index (χ2v) is 4.78. The second kappa shape index (κ2) is 5.44.